The number of rotatable bonds is 0. The second-order valence-electron chi connectivity index (χ2n) is 1.32. The largest absolute Gasteiger partial charge is 0.261 e. The van der Waals surface area contributed by atoms with E-state index in [1.807, 2.05) is 18.2 Å². The summed E-state index contributed by atoms with van der Waals surface area (Å²) in [5.74, 6) is 0. The third-order valence-corrected chi connectivity index (χ3v) is 0.726. The highest BCUT2D eigenvalue weighted by molar-refractivity contribution is 5.05. The van der Waals surface area contributed by atoms with E-state index in [-0.39, 0.29) is 0 Å². The summed E-state index contributed by atoms with van der Waals surface area (Å²) in [5.41, 5.74) is 0.822. The molecule has 0 unspecified atom stereocenters. The highest BCUT2D eigenvalue weighted by Gasteiger charge is 1.73. The lowest BCUT2D eigenvalue weighted by molar-refractivity contribution is 1.27. The Morgan fingerprint density at radius 1 is 1.43 bits per heavy atom. The van der Waals surface area contributed by atoms with Crippen LogP contribution >= 0.6 is 0 Å². The average molecular weight is 92.1 g/mol. The molecule has 0 aliphatic rings. The summed E-state index contributed by atoms with van der Waals surface area (Å²) >= 11 is 0. The summed E-state index contributed by atoms with van der Waals surface area (Å²) in [6.45, 7) is 3.61. The van der Waals surface area contributed by atoms with Gasteiger partial charge in [0.25, 0.3) is 0 Å². The lowest BCUT2D eigenvalue weighted by Gasteiger charge is -1.82. The zero-order valence-corrected chi connectivity index (χ0v) is 3.96. The molecule has 1 aromatic heterocycles. The van der Waals surface area contributed by atoms with Crippen molar-refractivity contribution in [3.8, 4) is 0 Å². The van der Waals surface area contributed by atoms with Crippen molar-refractivity contribution >= 4 is 0 Å². The normalized spacial score (nSPS) is 8.71. The van der Waals surface area contributed by atoms with Gasteiger partial charge in [-0.25, -0.2) is 0 Å². The van der Waals surface area contributed by atoms with E-state index in [4.69, 9.17) is 0 Å². The Balaban J connectivity index is 3.02. The van der Waals surface area contributed by atoms with Crippen molar-refractivity contribution in [2.45, 2.75) is 0 Å². The molecular formula is C6H6N. The molecule has 1 radical (unpaired) electrons. The standard InChI is InChI=1S/C6H6N/c1-6-4-2-3-5-7-6/h2-5H,1H2. The smallest absolute Gasteiger partial charge is 0.0407 e. The zero-order valence-electron chi connectivity index (χ0n) is 3.96. The van der Waals surface area contributed by atoms with Crippen molar-refractivity contribution in [1.82, 2.24) is 4.98 Å². The monoisotopic (exact) mass is 92.1 g/mol. The van der Waals surface area contributed by atoms with E-state index in [2.05, 4.69) is 11.9 Å². The lowest BCUT2D eigenvalue weighted by atomic mass is 10.4. The van der Waals surface area contributed by atoms with E-state index in [1.54, 1.807) is 6.20 Å². The molecule has 1 aromatic rings. The van der Waals surface area contributed by atoms with Crippen molar-refractivity contribution in [2.75, 3.05) is 0 Å². The number of nitrogens with zero attached hydrogens (tertiary/aromatic N) is 1. The topological polar surface area (TPSA) is 12.9 Å². The number of hydrogen-bond donors (Lipinski definition) is 0. The van der Waals surface area contributed by atoms with Crippen molar-refractivity contribution in [3.05, 3.63) is 37.0 Å². The van der Waals surface area contributed by atoms with E-state index >= 15 is 0 Å². The van der Waals surface area contributed by atoms with Gasteiger partial charge in [-0.2, -0.15) is 0 Å². The van der Waals surface area contributed by atoms with Crippen LogP contribution in [-0.2, 0) is 0 Å². The molecule has 0 amide bonds. The van der Waals surface area contributed by atoms with Crippen molar-refractivity contribution in [1.29, 1.82) is 0 Å². The van der Waals surface area contributed by atoms with Gasteiger partial charge in [-0.15, -0.1) is 0 Å². The van der Waals surface area contributed by atoms with Gasteiger partial charge in [0.05, 0.1) is 0 Å². The highest BCUT2D eigenvalue weighted by atomic mass is 14.6. The van der Waals surface area contributed by atoms with Crippen LogP contribution in [0.15, 0.2) is 24.4 Å². The maximum atomic E-state index is 3.87. The Hall–Kier alpha value is -0.850. The molecule has 0 atom stereocenters. The summed E-state index contributed by atoms with van der Waals surface area (Å²) in [6.07, 6.45) is 1.72. The van der Waals surface area contributed by atoms with Gasteiger partial charge in [0.15, 0.2) is 0 Å². The van der Waals surface area contributed by atoms with Gasteiger partial charge in [-0.1, -0.05) is 6.07 Å². The van der Waals surface area contributed by atoms with Gasteiger partial charge in [-0.3, -0.25) is 4.98 Å². The van der Waals surface area contributed by atoms with Gasteiger partial charge in [0.1, 0.15) is 0 Å². The van der Waals surface area contributed by atoms with Crippen LogP contribution in [-0.4, -0.2) is 4.98 Å². The predicted molar refractivity (Wildman–Crippen MR) is 28.7 cm³/mol. The van der Waals surface area contributed by atoms with Gasteiger partial charge >= 0.3 is 0 Å². The van der Waals surface area contributed by atoms with Gasteiger partial charge in [-0.05, 0) is 19.1 Å². The summed E-state index contributed by atoms with van der Waals surface area (Å²) in [7, 11) is 0. The Labute approximate surface area is 43.0 Å². The van der Waals surface area contributed by atoms with Crippen molar-refractivity contribution in [3.63, 3.8) is 0 Å². The molecule has 0 aromatic carbocycles. The fraction of sp³-hybridized carbons (Fsp3) is 0. The van der Waals surface area contributed by atoms with E-state index < -0.39 is 0 Å². The first kappa shape index (κ1) is 4.31. The summed E-state index contributed by atoms with van der Waals surface area (Å²) in [4.78, 5) is 3.87. The Morgan fingerprint density at radius 3 is 2.57 bits per heavy atom. The second kappa shape index (κ2) is 1.73. The Kier molecular flexibility index (Phi) is 1.07. The number of aromatic nitrogens is 1. The maximum absolute atomic E-state index is 3.87. The fourth-order valence-electron chi connectivity index (χ4n) is 0.398. The molecule has 0 N–H and O–H groups in total. The van der Waals surface area contributed by atoms with Crippen LogP contribution < -0.4 is 0 Å². The molecule has 7 heavy (non-hydrogen) atoms. The quantitative estimate of drug-likeness (QED) is 0.469. The van der Waals surface area contributed by atoms with Crippen LogP contribution in [0, 0.1) is 6.92 Å². The summed E-state index contributed by atoms with van der Waals surface area (Å²) < 4.78 is 0. The van der Waals surface area contributed by atoms with Crippen LogP contribution in [0.2, 0.25) is 0 Å². The van der Waals surface area contributed by atoms with E-state index in [0.29, 0.717) is 0 Å². The molecule has 0 saturated heterocycles. The number of pyridine rings is 1. The van der Waals surface area contributed by atoms with Crippen molar-refractivity contribution < 1.29 is 0 Å². The minimum atomic E-state index is 0.822. The highest BCUT2D eigenvalue weighted by Crippen LogP contribution is 1.85. The minimum Gasteiger partial charge on any atom is -0.261 e. The maximum Gasteiger partial charge on any atom is 0.0407 e. The molecule has 0 aliphatic heterocycles. The van der Waals surface area contributed by atoms with E-state index in [0.717, 1.165) is 5.69 Å². The number of hydrogen-bond acceptors (Lipinski definition) is 1. The second-order valence-corrected chi connectivity index (χ2v) is 1.32. The van der Waals surface area contributed by atoms with Crippen LogP contribution in [0.4, 0.5) is 0 Å². The lowest BCUT2D eigenvalue weighted by Crippen LogP contribution is -1.72. The molecule has 0 bridgehead atoms. The molecule has 0 spiro atoms. The molecule has 0 fully saturated rings. The van der Waals surface area contributed by atoms with Gasteiger partial charge in [0.2, 0.25) is 0 Å². The Morgan fingerprint density at radius 2 is 2.29 bits per heavy atom. The third kappa shape index (κ3) is 1.000. The molecule has 1 rings (SSSR count). The first-order valence-corrected chi connectivity index (χ1v) is 2.12. The van der Waals surface area contributed by atoms with Crippen LogP contribution in [0.25, 0.3) is 0 Å². The predicted octanol–water partition coefficient (Wildman–Crippen LogP) is 1.26. The molecule has 0 saturated carbocycles. The van der Waals surface area contributed by atoms with Crippen LogP contribution in [0.1, 0.15) is 5.69 Å². The van der Waals surface area contributed by atoms with E-state index in [9.17, 15) is 0 Å². The van der Waals surface area contributed by atoms with Crippen LogP contribution in [0.3, 0.4) is 0 Å². The summed E-state index contributed by atoms with van der Waals surface area (Å²) in [5, 5.41) is 0. The molecule has 0 aliphatic carbocycles. The molecule has 1 heterocycles. The molecule has 1 nitrogen and oxygen atoms in total. The fourth-order valence-corrected chi connectivity index (χ4v) is 0.398. The SMILES string of the molecule is [CH2]c1ccccn1. The molecular weight excluding hydrogens is 86.1 g/mol. The van der Waals surface area contributed by atoms with Gasteiger partial charge < -0.3 is 0 Å². The van der Waals surface area contributed by atoms with E-state index in [1.165, 1.54) is 0 Å². The first-order chi connectivity index (χ1) is 3.39. The van der Waals surface area contributed by atoms with Crippen molar-refractivity contribution in [2.24, 2.45) is 0 Å². The molecule has 1 heteroatoms. The van der Waals surface area contributed by atoms with Crippen LogP contribution in [0.5, 0.6) is 0 Å². The Bertz CT molecular complexity index is 134. The first-order valence-electron chi connectivity index (χ1n) is 2.12. The zero-order chi connectivity index (χ0) is 5.11. The third-order valence-electron chi connectivity index (χ3n) is 0.726. The molecule has 35 valence electrons. The van der Waals surface area contributed by atoms with Gasteiger partial charge in [0, 0.05) is 11.9 Å². The summed E-state index contributed by atoms with van der Waals surface area (Å²) in [6, 6.07) is 5.64. The average Bonchev–Trinajstić information content (AvgIpc) is 1.69. The minimum absolute atomic E-state index is 0.822.